The standard InChI is InChI=1S/C13H14BrN3O3/c1-3-16-12(13(14)9(2)15-16)8-20-11-6-4-10(5-7-11)17(18)19/h4-7H,3,8H2,1-2H3. The molecule has 2 rings (SSSR count). The number of benzene rings is 1. The van der Waals surface area contributed by atoms with Gasteiger partial charge < -0.3 is 4.74 Å². The highest BCUT2D eigenvalue weighted by Crippen LogP contribution is 2.23. The molecule has 1 aromatic carbocycles. The lowest BCUT2D eigenvalue weighted by atomic mass is 10.3. The summed E-state index contributed by atoms with van der Waals surface area (Å²) in [6.45, 7) is 5.04. The zero-order chi connectivity index (χ0) is 14.7. The highest BCUT2D eigenvalue weighted by Gasteiger charge is 2.13. The summed E-state index contributed by atoms with van der Waals surface area (Å²) >= 11 is 3.49. The maximum Gasteiger partial charge on any atom is 0.269 e. The van der Waals surface area contributed by atoms with Crippen LogP contribution in [0, 0.1) is 17.0 Å². The summed E-state index contributed by atoms with van der Waals surface area (Å²) < 4.78 is 8.45. The van der Waals surface area contributed by atoms with Gasteiger partial charge in [0.1, 0.15) is 12.4 Å². The number of rotatable bonds is 5. The minimum Gasteiger partial charge on any atom is -0.487 e. The van der Waals surface area contributed by atoms with Gasteiger partial charge in [0.05, 0.1) is 20.8 Å². The molecule has 0 saturated heterocycles. The lowest BCUT2D eigenvalue weighted by Gasteiger charge is -2.08. The fraction of sp³-hybridized carbons (Fsp3) is 0.308. The Kier molecular flexibility index (Phi) is 4.39. The van der Waals surface area contributed by atoms with Crippen molar-refractivity contribution in [1.29, 1.82) is 0 Å². The van der Waals surface area contributed by atoms with Gasteiger partial charge in [-0.3, -0.25) is 14.8 Å². The van der Waals surface area contributed by atoms with Gasteiger partial charge in [0, 0.05) is 18.7 Å². The predicted molar refractivity (Wildman–Crippen MR) is 77.8 cm³/mol. The highest BCUT2D eigenvalue weighted by atomic mass is 79.9. The molecule has 0 aliphatic rings. The van der Waals surface area contributed by atoms with Crippen LogP contribution in [0.2, 0.25) is 0 Å². The van der Waals surface area contributed by atoms with Crippen LogP contribution in [-0.4, -0.2) is 14.7 Å². The van der Waals surface area contributed by atoms with E-state index in [1.807, 2.05) is 18.5 Å². The van der Waals surface area contributed by atoms with Crippen LogP contribution < -0.4 is 4.74 Å². The van der Waals surface area contributed by atoms with Gasteiger partial charge in [-0.25, -0.2) is 0 Å². The number of halogens is 1. The van der Waals surface area contributed by atoms with Crippen molar-refractivity contribution in [3.8, 4) is 5.75 Å². The van der Waals surface area contributed by atoms with Crippen molar-refractivity contribution in [2.75, 3.05) is 0 Å². The Balaban J connectivity index is 2.10. The fourth-order valence-corrected chi connectivity index (χ4v) is 2.22. The number of nitro benzene ring substituents is 1. The summed E-state index contributed by atoms with van der Waals surface area (Å²) in [4.78, 5) is 10.1. The SMILES string of the molecule is CCn1nc(C)c(Br)c1COc1ccc([N+](=O)[O-])cc1. The molecule has 2 aromatic rings. The summed E-state index contributed by atoms with van der Waals surface area (Å²) in [5, 5.41) is 14.9. The molecule has 6 nitrogen and oxygen atoms in total. The number of hydrogen-bond donors (Lipinski definition) is 0. The van der Waals surface area contributed by atoms with E-state index in [-0.39, 0.29) is 5.69 Å². The summed E-state index contributed by atoms with van der Waals surface area (Å²) in [5.74, 6) is 0.587. The molecule has 0 aliphatic heterocycles. The topological polar surface area (TPSA) is 70.2 Å². The van der Waals surface area contributed by atoms with E-state index >= 15 is 0 Å². The first-order chi connectivity index (χ1) is 9.52. The van der Waals surface area contributed by atoms with Crippen LogP contribution in [0.4, 0.5) is 5.69 Å². The summed E-state index contributed by atoms with van der Waals surface area (Å²) in [6, 6.07) is 6.02. The third-order valence-corrected chi connectivity index (χ3v) is 3.91. The third kappa shape index (κ3) is 2.98. The van der Waals surface area contributed by atoms with E-state index in [0.29, 0.717) is 12.4 Å². The van der Waals surface area contributed by atoms with Crippen molar-refractivity contribution in [2.24, 2.45) is 0 Å². The van der Waals surface area contributed by atoms with Crippen molar-refractivity contribution < 1.29 is 9.66 Å². The van der Waals surface area contributed by atoms with Crippen LogP contribution in [0.1, 0.15) is 18.3 Å². The Morgan fingerprint density at radius 1 is 1.40 bits per heavy atom. The first-order valence-electron chi connectivity index (χ1n) is 6.12. The van der Waals surface area contributed by atoms with Gasteiger partial charge in [-0.05, 0) is 41.9 Å². The van der Waals surface area contributed by atoms with Gasteiger partial charge in [-0.15, -0.1) is 0 Å². The molecule has 0 fully saturated rings. The van der Waals surface area contributed by atoms with Crippen molar-refractivity contribution in [2.45, 2.75) is 27.0 Å². The fourth-order valence-electron chi connectivity index (χ4n) is 1.82. The van der Waals surface area contributed by atoms with Crippen LogP contribution in [0.25, 0.3) is 0 Å². The van der Waals surface area contributed by atoms with Crippen molar-refractivity contribution in [1.82, 2.24) is 9.78 Å². The second kappa shape index (κ2) is 6.04. The maximum atomic E-state index is 10.6. The van der Waals surface area contributed by atoms with E-state index in [1.54, 1.807) is 12.1 Å². The third-order valence-electron chi connectivity index (χ3n) is 2.88. The average molecular weight is 340 g/mol. The monoisotopic (exact) mass is 339 g/mol. The molecule has 1 aromatic heterocycles. The average Bonchev–Trinajstić information content (AvgIpc) is 2.72. The van der Waals surface area contributed by atoms with E-state index in [4.69, 9.17) is 4.74 Å². The molecule has 0 spiro atoms. The van der Waals surface area contributed by atoms with Gasteiger partial charge in [0.25, 0.3) is 5.69 Å². The normalized spacial score (nSPS) is 10.6. The first-order valence-corrected chi connectivity index (χ1v) is 6.91. The first kappa shape index (κ1) is 14.5. The van der Waals surface area contributed by atoms with Gasteiger partial charge in [0.2, 0.25) is 0 Å². The molecule has 0 saturated carbocycles. The van der Waals surface area contributed by atoms with Gasteiger partial charge in [-0.1, -0.05) is 0 Å². The molecule has 7 heteroatoms. The molecule has 20 heavy (non-hydrogen) atoms. The maximum absolute atomic E-state index is 10.6. The molecule has 0 bridgehead atoms. The number of hydrogen-bond acceptors (Lipinski definition) is 4. The van der Waals surface area contributed by atoms with Gasteiger partial charge >= 0.3 is 0 Å². The number of aromatic nitrogens is 2. The number of nitro groups is 1. The number of aryl methyl sites for hydroxylation is 2. The smallest absolute Gasteiger partial charge is 0.269 e. The molecule has 0 aliphatic carbocycles. The van der Waals surface area contributed by atoms with Gasteiger partial charge in [0.15, 0.2) is 0 Å². The van der Waals surface area contributed by atoms with Crippen molar-refractivity contribution in [3.05, 3.63) is 50.2 Å². The summed E-state index contributed by atoms with van der Waals surface area (Å²) in [6.07, 6.45) is 0. The summed E-state index contributed by atoms with van der Waals surface area (Å²) in [7, 11) is 0. The molecule has 0 amide bonds. The summed E-state index contributed by atoms with van der Waals surface area (Å²) in [5.41, 5.74) is 1.91. The molecule has 1 heterocycles. The highest BCUT2D eigenvalue weighted by molar-refractivity contribution is 9.10. The Morgan fingerprint density at radius 2 is 2.05 bits per heavy atom. The zero-order valence-corrected chi connectivity index (χ0v) is 12.8. The van der Waals surface area contributed by atoms with Crippen molar-refractivity contribution >= 4 is 21.6 Å². The second-order valence-corrected chi connectivity index (χ2v) is 4.99. The van der Waals surface area contributed by atoms with E-state index in [9.17, 15) is 10.1 Å². The molecule has 0 radical (unpaired) electrons. The Bertz CT molecular complexity index is 623. The van der Waals surface area contributed by atoms with Crippen LogP contribution in [0.5, 0.6) is 5.75 Å². The van der Waals surface area contributed by atoms with Crippen molar-refractivity contribution in [3.63, 3.8) is 0 Å². The van der Waals surface area contributed by atoms with E-state index in [0.717, 1.165) is 22.4 Å². The van der Waals surface area contributed by atoms with Crippen LogP contribution in [0.15, 0.2) is 28.7 Å². The number of nitrogens with zero attached hydrogens (tertiary/aromatic N) is 3. The minimum absolute atomic E-state index is 0.0491. The minimum atomic E-state index is -0.435. The van der Waals surface area contributed by atoms with Gasteiger partial charge in [-0.2, -0.15) is 5.10 Å². The lowest BCUT2D eigenvalue weighted by Crippen LogP contribution is -2.06. The van der Waals surface area contributed by atoms with E-state index in [2.05, 4.69) is 21.0 Å². The Hall–Kier alpha value is -1.89. The molecule has 0 N–H and O–H groups in total. The largest absolute Gasteiger partial charge is 0.487 e. The second-order valence-electron chi connectivity index (χ2n) is 4.20. The van der Waals surface area contributed by atoms with Crippen LogP contribution >= 0.6 is 15.9 Å². The molecule has 106 valence electrons. The van der Waals surface area contributed by atoms with Crippen LogP contribution in [0.3, 0.4) is 0 Å². The molecule has 0 unspecified atom stereocenters. The number of non-ortho nitro benzene ring substituents is 1. The lowest BCUT2D eigenvalue weighted by molar-refractivity contribution is -0.384. The Labute approximate surface area is 124 Å². The molecular formula is C13H14BrN3O3. The number of ether oxygens (including phenoxy) is 1. The quantitative estimate of drug-likeness (QED) is 0.617. The molecular weight excluding hydrogens is 326 g/mol. The van der Waals surface area contributed by atoms with E-state index in [1.165, 1.54) is 12.1 Å². The van der Waals surface area contributed by atoms with E-state index < -0.39 is 4.92 Å². The van der Waals surface area contributed by atoms with Crippen LogP contribution in [-0.2, 0) is 13.2 Å². The zero-order valence-electron chi connectivity index (χ0n) is 11.2. The molecule has 0 atom stereocenters. The predicted octanol–water partition coefficient (Wildman–Crippen LogP) is 3.46. The Morgan fingerprint density at radius 3 is 2.60 bits per heavy atom.